The van der Waals surface area contributed by atoms with Gasteiger partial charge >= 0.3 is 0 Å². The fourth-order valence-corrected chi connectivity index (χ4v) is 1.55. The van der Waals surface area contributed by atoms with Crippen LogP contribution in [0.3, 0.4) is 0 Å². The minimum absolute atomic E-state index is 0.0619. The molecule has 1 rings (SSSR count). The Morgan fingerprint density at radius 1 is 1.43 bits per heavy atom. The average Bonchev–Trinajstić information content (AvgIpc) is 2.15. The number of rotatable bonds is 3. The number of hydrogen-bond donors (Lipinski definition) is 1. The summed E-state index contributed by atoms with van der Waals surface area (Å²) in [5, 5.41) is 0.674. The molecule has 0 atom stereocenters. The number of carbonyl (C=O) groups excluding carboxylic acids is 1. The van der Waals surface area contributed by atoms with Gasteiger partial charge in [0.15, 0.2) is 5.78 Å². The molecule has 0 bridgehead atoms. The molecular weight excluding hydrogens is 198 g/mol. The zero-order valence-electron chi connectivity index (χ0n) is 8.43. The molecule has 0 aromatic heterocycles. The van der Waals surface area contributed by atoms with Crippen LogP contribution in [0.2, 0.25) is 5.02 Å². The molecular formula is C11H14ClNO. The number of aryl methyl sites for hydroxylation is 1. The molecule has 0 unspecified atom stereocenters. The standard InChI is InChI=1S/C11H14ClNO/c1-7-3-4-9(8(2)11(7)12)10(14)5-6-13/h3-4H,5-6,13H2,1-2H3. The Kier molecular flexibility index (Phi) is 3.67. The number of nitrogens with two attached hydrogens (primary N) is 1. The van der Waals surface area contributed by atoms with Gasteiger partial charge < -0.3 is 5.73 Å². The smallest absolute Gasteiger partial charge is 0.164 e. The van der Waals surface area contributed by atoms with Crippen molar-refractivity contribution in [3.8, 4) is 0 Å². The first-order valence-corrected chi connectivity index (χ1v) is 4.94. The van der Waals surface area contributed by atoms with Crippen LogP contribution in [0.5, 0.6) is 0 Å². The molecule has 0 aliphatic heterocycles. The van der Waals surface area contributed by atoms with Crippen LogP contribution in [0.4, 0.5) is 0 Å². The van der Waals surface area contributed by atoms with Gasteiger partial charge in [-0.15, -0.1) is 0 Å². The Balaban J connectivity index is 3.11. The monoisotopic (exact) mass is 211 g/mol. The van der Waals surface area contributed by atoms with E-state index in [0.717, 1.165) is 11.1 Å². The third kappa shape index (κ3) is 2.14. The SMILES string of the molecule is Cc1ccc(C(=O)CCN)c(C)c1Cl. The lowest BCUT2D eigenvalue weighted by Crippen LogP contribution is -2.09. The van der Waals surface area contributed by atoms with Crippen molar-refractivity contribution in [2.24, 2.45) is 5.73 Å². The number of hydrogen-bond acceptors (Lipinski definition) is 2. The van der Waals surface area contributed by atoms with Crippen molar-refractivity contribution >= 4 is 17.4 Å². The fourth-order valence-electron chi connectivity index (χ4n) is 1.39. The minimum atomic E-state index is 0.0619. The van der Waals surface area contributed by atoms with Gasteiger partial charge in [-0.2, -0.15) is 0 Å². The topological polar surface area (TPSA) is 43.1 Å². The molecule has 0 heterocycles. The van der Waals surface area contributed by atoms with Gasteiger partial charge in [0.05, 0.1) is 0 Å². The third-order valence-corrected chi connectivity index (χ3v) is 2.83. The normalized spacial score (nSPS) is 10.3. The lowest BCUT2D eigenvalue weighted by molar-refractivity contribution is 0.0985. The van der Waals surface area contributed by atoms with E-state index in [4.69, 9.17) is 17.3 Å². The Morgan fingerprint density at radius 2 is 2.07 bits per heavy atom. The first-order valence-electron chi connectivity index (χ1n) is 4.57. The molecule has 0 saturated carbocycles. The zero-order valence-corrected chi connectivity index (χ0v) is 9.19. The predicted octanol–water partition coefficient (Wildman–Crippen LogP) is 2.49. The molecule has 1 aromatic rings. The number of ketones is 1. The van der Waals surface area contributed by atoms with Gasteiger partial charge in [0.2, 0.25) is 0 Å². The van der Waals surface area contributed by atoms with Gasteiger partial charge in [-0.05, 0) is 31.5 Å². The van der Waals surface area contributed by atoms with E-state index in [9.17, 15) is 4.79 Å². The maximum atomic E-state index is 11.6. The lowest BCUT2D eigenvalue weighted by Gasteiger charge is -2.08. The summed E-state index contributed by atoms with van der Waals surface area (Å²) in [6.07, 6.45) is 0.375. The molecule has 0 aliphatic rings. The Morgan fingerprint density at radius 3 is 2.64 bits per heavy atom. The maximum absolute atomic E-state index is 11.6. The van der Waals surface area contributed by atoms with Crippen LogP contribution < -0.4 is 5.73 Å². The average molecular weight is 212 g/mol. The second-order valence-corrected chi connectivity index (χ2v) is 3.71. The van der Waals surface area contributed by atoms with Crippen molar-refractivity contribution < 1.29 is 4.79 Å². The van der Waals surface area contributed by atoms with E-state index >= 15 is 0 Å². The van der Waals surface area contributed by atoms with Crippen LogP contribution in [-0.4, -0.2) is 12.3 Å². The summed E-state index contributed by atoms with van der Waals surface area (Å²) in [7, 11) is 0. The summed E-state index contributed by atoms with van der Waals surface area (Å²) in [6.45, 7) is 4.16. The quantitative estimate of drug-likeness (QED) is 0.781. The highest BCUT2D eigenvalue weighted by atomic mass is 35.5. The van der Waals surface area contributed by atoms with Gasteiger partial charge in [-0.25, -0.2) is 0 Å². The summed E-state index contributed by atoms with van der Waals surface area (Å²) in [6, 6.07) is 3.67. The highest BCUT2D eigenvalue weighted by molar-refractivity contribution is 6.32. The molecule has 3 heteroatoms. The van der Waals surface area contributed by atoms with Gasteiger partial charge in [-0.1, -0.05) is 23.7 Å². The van der Waals surface area contributed by atoms with E-state index in [1.54, 1.807) is 0 Å². The summed E-state index contributed by atoms with van der Waals surface area (Å²) < 4.78 is 0. The molecule has 0 aliphatic carbocycles. The molecule has 0 spiro atoms. The lowest BCUT2D eigenvalue weighted by atomic mass is 10.0. The van der Waals surface area contributed by atoms with Crippen molar-refractivity contribution in [2.45, 2.75) is 20.3 Å². The first kappa shape index (κ1) is 11.2. The maximum Gasteiger partial charge on any atom is 0.164 e. The van der Waals surface area contributed by atoms with Gasteiger partial charge in [0, 0.05) is 17.0 Å². The first-order chi connectivity index (χ1) is 6.57. The largest absolute Gasteiger partial charge is 0.330 e. The number of halogens is 1. The summed E-state index contributed by atoms with van der Waals surface area (Å²) in [4.78, 5) is 11.6. The molecule has 1 aromatic carbocycles. The summed E-state index contributed by atoms with van der Waals surface area (Å²) in [5.74, 6) is 0.0619. The van der Waals surface area contributed by atoms with E-state index in [1.165, 1.54) is 0 Å². The van der Waals surface area contributed by atoms with Crippen molar-refractivity contribution in [2.75, 3.05) is 6.54 Å². The highest BCUT2D eigenvalue weighted by Gasteiger charge is 2.11. The third-order valence-electron chi connectivity index (χ3n) is 2.25. The van der Waals surface area contributed by atoms with E-state index in [0.29, 0.717) is 23.6 Å². The van der Waals surface area contributed by atoms with Crippen molar-refractivity contribution in [3.05, 3.63) is 33.8 Å². The van der Waals surface area contributed by atoms with Crippen LogP contribution in [0.25, 0.3) is 0 Å². The molecule has 2 N–H and O–H groups in total. The number of carbonyl (C=O) groups is 1. The Hall–Kier alpha value is -0.860. The fraction of sp³-hybridized carbons (Fsp3) is 0.364. The van der Waals surface area contributed by atoms with Gasteiger partial charge in [0.1, 0.15) is 0 Å². The molecule has 2 nitrogen and oxygen atoms in total. The number of benzene rings is 1. The Labute approximate surface area is 89.1 Å². The predicted molar refractivity (Wildman–Crippen MR) is 58.9 cm³/mol. The van der Waals surface area contributed by atoms with E-state index in [2.05, 4.69) is 0 Å². The van der Waals surface area contributed by atoms with Crippen molar-refractivity contribution in [3.63, 3.8) is 0 Å². The second kappa shape index (κ2) is 4.58. The number of Topliss-reactive ketones (excluding diaryl/α,β-unsaturated/α-hetero) is 1. The minimum Gasteiger partial charge on any atom is -0.330 e. The molecule has 76 valence electrons. The summed E-state index contributed by atoms with van der Waals surface area (Å²) in [5.41, 5.74) is 7.86. The zero-order chi connectivity index (χ0) is 10.7. The summed E-state index contributed by atoms with van der Waals surface area (Å²) >= 11 is 6.04. The van der Waals surface area contributed by atoms with Gasteiger partial charge in [-0.3, -0.25) is 4.79 Å². The van der Waals surface area contributed by atoms with Crippen LogP contribution in [0.15, 0.2) is 12.1 Å². The molecule has 0 fully saturated rings. The molecule has 0 radical (unpaired) electrons. The molecule has 0 amide bonds. The van der Waals surface area contributed by atoms with Crippen molar-refractivity contribution in [1.29, 1.82) is 0 Å². The van der Waals surface area contributed by atoms with Crippen LogP contribution in [0, 0.1) is 13.8 Å². The van der Waals surface area contributed by atoms with Crippen LogP contribution in [-0.2, 0) is 0 Å². The van der Waals surface area contributed by atoms with Crippen molar-refractivity contribution in [1.82, 2.24) is 0 Å². The van der Waals surface area contributed by atoms with E-state index in [-0.39, 0.29) is 5.78 Å². The Bertz CT molecular complexity index is 361. The molecule has 14 heavy (non-hydrogen) atoms. The van der Waals surface area contributed by atoms with Crippen LogP contribution in [0.1, 0.15) is 27.9 Å². The van der Waals surface area contributed by atoms with Gasteiger partial charge in [0.25, 0.3) is 0 Å². The molecule has 0 saturated heterocycles. The highest BCUT2D eigenvalue weighted by Crippen LogP contribution is 2.23. The van der Waals surface area contributed by atoms with E-state index < -0.39 is 0 Å². The van der Waals surface area contributed by atoms with Crippen LogP contribution >= 0.6 is 11.6 Å². The van der Waals surface area contributed by atoms with E-state index in [1.807, 2.05) is 26.0 Å². The second-order valence-electron chi connectivity index (χ2n) is 3.33.